The minimum atomic E-state index is -3.86. The SMILES string of the molecule is Cc1ccc(S(=O)(=O)C2(C#N)Cc3ccc4cccc(N(C)C)c4c3N(C)C2)cc1. The molecule has 6 heteroatoms. The Morgan fingerprint density at radius 3 is 2.40 bits per heavy atom. The van der Waals surface area contributed by atoms with Gasteiger partial charge in [0.15, 0.2) is 14.6 Å². The Balaban J connectivity index is 1.92. The van der Waals surface area contributed by atoms with Gasteiger partial charge in [-0.2, -0.15) is 5.26 Å². The molecule has 0 amide bonds. The fourth-order valence-corrected chi connectivity index (χ4v) is 6.19. The van der Waals surface area contributed by atoms with Gasteiger partial charge in [-0.25, -0.2) is 8.42 Å². The van der Waals surface area contributed by atoms with E-state index in [1.807, 2.05) is 51.2 Å². The van der Waals surface area contributed by atoms with Crippen molar-refractivity contribution in [3.63, 3.8) is 0 Å². The van der Waals surface area contributed by atoms with E-state index in [4.69, 9.17) is 0 Å². The average molecular weight is 420 g/mol. The number of benzene rings is 3. The molecule has 154 valence electrons. The standard InChI is InChI=1S/C24H25N3O2S/c1-17-8-12-20(13-9-17)30(28,29)24(15-25)14-19-11-10-18-6-5-7-21(26(2)3)22(18)23(19)27(4)16-24/h5-13H,14,16H2,1-4H3. The first-order valence-corrected chi connectivity index (χ1v) is 11.3. The maximum Gasteiger partial charge on any atom is 0.199 e. The third-order valence-corrected chi connectivity index (χ3v) is 8.25. The van der Waals surface area contributed by atoms with E-state index in [9.17, 15) is 13.7 Å². The highest BCUT2D eigenvalue weighted by atomic mass is 32.2. The van der Waals surface area contributed by atoms with Gasteiger partial charge in [0.2, 0.25) is 0 Å². The Labute approximate surface area is 178 Å². The highest BCUT2D eigenvalue weighted by molar-refractivity contribution is 7.93. The maximum absolute atomic E-state index is 13.6. The molecular weight excluding hydrogens is 394 g/mol. The number of anilines is 2. The predicted molar refractivity (Wildman–Crippen MR) is 122 cm³/mol. The molecule has 1 unspecified atom stereocenters. The van der Waals surface area contributed by atoms with Crippen LogP contribution in [0.3, 0.4) is 0 Å². The van der Waals surface area contributed by atoms with Crippen molar-refractivity contribution in [2.75, 3.05) is 37.5 Å². The van der Waals surface area contributed by atoms with Gasteiger partial charge in [0.1, 0.15) is 0 Å². The van der Waals surface area contributed by atoms with Crippen LogP contribution in [0.1, 0.15) is 11.1 Å². The Bertz CT molecular complexity index is 1270. The van der Waals surface area contributed by atoms with Gasteiger partial charge in [0.05, 0.1) is 17.5 Å². The first-order chi connectivity index (χ1) is 14.2. The number of fused-ring (bicyclic) bond motifs is 3. The van der Waals surface area contributed by atoms with Crippen LogP contribution in [0.4, 0.5) is 11.4 Å². The topological polar surface area (TPSA) is 64.4 Å². The van der Waals surface area contributed by atoms with Crippen molar-refractivity contribution in [2.24, 2.45) is 0 Å². The fraction of sp³-hybridized carbons (Fsp3) is 0.292. The largest absolute Gasteiger partial charge is 0.377 e. The lowest BCUT2D eigenvalue weighted by molar-refractivity contribution is 0.542. The molecule has 0 N–H and O–H groups in total. The number of sulfone groups is 1. The van der Waals surface area contributed by atoms with Crippen LogP contribution in [0.2, 0.25) is 0 Å². The number of hydrogen-bond acceptors (Lipinski definition) is 5. The molecule has 0 bridgehead atoms. The van der Waals surface area contributed by atoms with E-state index in [1.54, 1.807) is 24.3 Å². The Morgan fingerprint density at radius 2 is 1.77 bits per heavy atom. The van der Waals surface area contributed by atoms with Gasteiger partial charge in [0.25, 0.3) is 0 Å². The van der Waals surface area contributed by atoms with Crippen molar-refractivity contribution >= 4 is 32.0 Å². The van der Waals surface area contributed by atoms with Gasteiger partial charge >= 0.3 is 0 Å². The van der Waals surface area contributed by atoms with Crippen molar-refractivity contribution in [2.45, 2.75) is 23.0 Å². The number of rotatable bonds is 3. The van der Waals surface area contributed by atoms with E-state index in [0.717, 1.165) is 33.3 Å². The zero-order chi connectivity index (χ0) is 21.7. The molecule has 1 heterocycles. The smallest absolute Gasteiger partial charge is 0.199 e. The average Bonchev–Trinajstić information content (AvgIpc) is 2.72. The summed E-state index contributed by atoms with van der Waals surface area (Å²) in [5.41, 5.74) is 3.93. The van der Waals surface area contributed by atoms with E-state index >= 15 is 0 Å². The molecule has 0 fully saturated rings. The second-order valence-electron chi connectivity index (χ2n) is 8.30. The lowest BCUT2D eigenvalue weighted by Gasteiger charge is -2.39. The molecule has 0 saturated carbocycles. The summed E-state index contributed by atoms with van der Waals surface area (Å²) in [7, 11) is 2.01. The Hall–Kier alpha value is -3.04. The van der Waals surface area contributed by atoms with E-state index in [-0.39, 0.29) is 17.9 Å². The molecule has 0 spiro atoms. The minimum absolute atomic E-state index is 0.119. The van der Waals surface area contributed by atoms with Gasteiger partial charge in [0, 0.05) is 44.3 Å². The number of hydrogen-bond donors (Lipinski definition) is 0. The van der Waals surface area contributed by atoms with E-state index in [2.05, 4.69) is 23.1 Å². The summed E-state index contributed by atoms with van der Waals surface area (Å²) >= 11 is 0. The highest BCUT2D eigenvalue weighted by Crippen LogP contribution is 2.44. The summed E-state index contributed by atoms with van der Waals surface area (Å²) in [6.45, 7) is 2.03. The molecule has 1 aliphatic heterocycles. The van der Waals surface area contributed by atoms with Crippen molar-refractivity contribution < 1.29 is 8.42 Å². The van der Waals surface area contributed by atoms with E-state index < -0.39 is 14.6 Å². The molecule has 1 aliphatic rings. The van der Waals surface area contributed by atoms with Crippen molar-refractivity contribution in [3.8, 4) is 6.07 Å². The van der Waals surface area contributed by atoms with E-state index in [0.29, 0.717) is 0 Å². The van der Waals surface area contributed by atoms with Crippen LogP contribution < -0.4 is 9.80 Å². The van der Waals surface area contributed by atoms with Crippen molar-refractivity contribution in [1.82, 2.24) is 0 Å². The molecule has 0 saturated heterocycles. The van der Waals surface area contributed by atoms with Crippen LogP contribution in [-0.4, -0.2) is 40.9 Å². The monoisotopic (exact) mass is 419 g/mol. The van der Waals surface area contributed by atoms with Gasteiger partial charge in [-0.15, -0.1) is 0 Å². The van der Waals surface area contributed by atoms with Gasteiger partial charge < -0.3 is 9.80 Å². The number of aryl methyl sites for hydroxylation is 1. The van der Waals surface area contributed by atoms with Gasteiger partial charge in [-0.1, -0.05) is 42.0 Å². The molecule has 30 heavy (non-hydrogen) atoms. The normalized spacial score (nSPS) is 18.7. The summed E-state index contributed by atoms with van der Waals surface area (Å²) in [6.07, 6.45) is 0.164. The van der Waals surface area contributed by atoms with Crippen LogP contribution >= 0.6 is 0 Å². The Morgan fingerprint density at radius 1 is 1.07 bits per heavy atom. The molecule has 5 nitrogen and oxygen atoms in total. The van der Waals surface area contributed by atoms with Crippen molar-refractivity contribution in [1.29, 1.82) is 5.26 Å². The second-order valence-corrected chi connectivity index (χ2v) is 10.6. The molecule has 0 aliphatic carbocycles. The first kappa shape index (κ1) is 20.2. The summed E-state index contributed by atoms with van der Waals surface area (Å²) in [5.74, 6) is 0. The quantitative estimate of drug-likeness (QED) is 0.643. The maximum atomic E-state index is 13.6. The van der Waals surface area contributed by atoms with Crippen molar-refractivity contribution in [3.05, 3.63) is 65.7 Å². The lowest BCUT2D eigenvalue weighted by atomic mass is 9.89. The van der Waals surface area contributed by atoms with Crippen LogP contribution in [0.5, 0.6) is 0 Å². The fourth-order valence-electron chi connectivity index (χ4n) is 4.42. The third-order valence-electron chi connectivity index (χ3n) is 5.96. The van der Waals surface area contributed by atoms with Gasteiger partial charge in [-0.05, 0) is 36.1 Å². The molecular formula is C24H25N3O2S. The third kappa shape index (κ3) is 2.93. The minimum Gasteiger partial charge on any atom is -0.377 e. The zero-order valence-electron chi connectivity index (χ0n) is 17.7. The molecule has 4 rings (SSSR count). The lowest BCUT2D eigenvalue weighted by Crippen LogP contribution is -2.52. The molecule has 0 aromatic heterocycles. The van der Waals surface area contributed by atoms with Crippen LogP contribution in [0.25, 0.3) is 10.8 Å². The Kier molecular flexibility index (Phi) is 4.74. The number of nitriles is 1. The first-order valence-electron chi connectivity index (χ1n) is 9.86. The molecule has 1 atom stereocenters. The molecule has 0 radical (unpaired) electrons. The van der Waals surface area contributed by atoms with Crippen LogP contribution in [0.15, 0.2) is 59.5 Å². The zero-order valence-corrected chi connectivity index (χ0v) is 18.5. The second kappa shape index (κ2) is 7.03. The summed E-state index contributed by atoms with van der Waals surface area (Å²) < 4.78 is 25.6. The summed E-state index contributed by atoms with van der Waals surface area (Å²) in [4.78, 5) is 4.19. The van der Waals surface area contributed by atoms with E-state index in [1.165, 1.54) is 0 Å². The summed E-state index contributed by atoms with van der Waals surface area (Å²) in [6, 6.07) is 19.1. The molecule has 3 aromatic carbocycles. The predicted octanol–water partition coefficient (Wildman–Crippen LogP) is 3.94. The summed E-state index contributed by atoms with van der Waals surface area (Å²) in [5, 5.41) is 12.3. The van der Waals surface area contributed by atoms with Gasteiger partial charge in [-0.3, -0.25) is 0 Å². The number of nitrogens with zero attached hydrogens (tertiary/aromatic N) is 3. The van der Waals surface area contributed by atoms with Crippen LogP contribution in [0, 0.1) is 18.3 Å². The van der Waals surface area contributed by atoms with Crippen LogP contribution in [-0.2, 0) is 16.3 Å². The highest BCUT2D eigenvalue weighted by Gasteiger charge is 2.49. The molecule has 3 aromatic rings.